The number of hydrogen-bond acceptors (Lipinski definition) is 8. The maximum atomic E-state index is 14.0. The van der Waals surface area contributed by atoms with Crippen molar-refractivity contribution in [1.29, 1.82) is 0 Å². The van der Waals surface area contributed by atoms with Crippen molar-refractivity contribution in [2.24, 2.45) is 5.41 Å². The Balaban J connectivity index is 1.31. The van der Waals surface area contributed by atoms with Gasteiger partial charge in [-0.2, -0.15) is 5.10 Å². The van der Waals surface area contributed by atoms with Gasteiger partial charge < -0.3 is 20.2 Å². The highest BCUT2D eigenvalue weighted by molar-refractivity contribution is 7.93. The van der Waals surface area contributed by atoms with E-state index < -0.39 is 51.6 Å². The molecule has 0 unspecified atom stereocenters. The third kappa shape index (κ3) is 6.07. The van der Waals surface area contributed by atoms with Crippen molar-refractivity contribution in [3.63, 3.8) is 0 Å². The summed E-state index contributed by atoms with van der Waals surface area (Å²) in [4.78, 5) is 20.7. The summed E-state index contributed by atoms with van der Waals surface area (Å²) >= 11 is 0. The van der Waals surface area contributed by atoms with Crippen LogP contribution in [0.25, 0.3) is 16.6 Å². The number of alkyl halides is 2. The number of nitrogens with two attached hydrogens (primary N) is 1. The monoisotopic (exact) mass is 672 g/mol. The number of aromatic nitrogens is 4. The molecule has 0 amide bonds. The number of carbonyl (C=O) groups excluding carboxylic acids is 1. The number of ketones is 1. The molecule has 3 aromatic heterocycles. The van der Waals surface area contributed by atoms with Gasteiger partial charge in [0.2, 0.25) is 27.4 Å². The van der Waals surface area contributed by atoms with Gasteiger partial charge in [-0.25, -0.2) is 35.6 Å². The van der Waals surface area contributed by atoms with E-state index in [1.807, 2.05) is 0 Å². The first-order chi connectivity index (χ1) is 22.1. The number of fused-ring (bicyclic) bond motifs is 1. The van der Waals surface area contributed by atoms with E-state index in [4.69, 9.17) is 15.2 Å². The van der Waals surface area contributed by atoms with Crippen LogP contribution < -0.4 is 19.5 Å². The average molecular weight is 673 g/mol. The van der Waals surface area contributed by atoms with E-state index in [1.54, 1.807) is 20.8 Å². The number of aromatic amines is 1. The normalized spacial score (nSPS) is 15.4. The van der Waals surface area contributed by atoms with E-state index in [9.17, 15) is 30.8 Å². The minimum Gasteiger partial charge on any atom is -0.485 e. The molecule has 1 saturated heterocycles. The highest BCUT2D eigenvalue weighted by atomic mass is 32.2. The lowest BCUT2D eigenvalue weighted by Crippen LogP contribution is -2.27. The molecule has 0 saturated carbocycles. The van der Waals surface area contributed by atoms with Gasteiger partial charge in [-0.05, 0) is 48.2 Å². The molecule has 0 bridgehead atoms. The second-order valence-electron chi connectivity index (χ2n) is 11.9. The number of hydrogen-bond donors (Lipinski definition) is 2. The Labute approximate surface area is 266 Å². The summed E-state index contributed by atoms with van der Waals surface area (Å²) in [5.41, 5.74) is 7.13. The van der Waals surface area contributed by atoms with Gasteiger partial charge in [0.25, 0.3) is 6.43 Å². The smallest absolute Gasteiger partial charge is 0.272 e. The number of para-hydroxylation sites is 1. The number of sulfonamides is 1. The second-order valence-corrected chi connectivity index (χ2v) is 13.8. The van der Waals surface area contributed by atoms with E-state index in [-0.39, 0.29) is 46.7 Å². The highest BCUT2D eigenvalue weighted by Crippen LogP contribution is 2.41. The van der Waals surface area contributed by atoms with Crippen LogP contribution >= 0.6 is 0 Å². The lowest BCUT2D eigenvalue weighted by atomic mass is 9.96. The Morgan fingerprint density at radius 1 is 1.11 bits per heavy atom. The Morgan fingerprint density at radius 2 is 1.83 bits per heavy atom. The zero-order valence-electron chi connectivity index (χ0n) is 25.2. The predicted octanol–water partition coefficient (Wildman–Crippen LogP) is 5.76. The summed E-state index contributed by atoms with van der Waals surface area (Å²) in [7, 11) is -3.77. The van der Waals surface area contributed by atoms with Crippen LogP contribution in [0.3, 0.4) is 0 Å². The molecule has 0 radical (unpaired) electrons. The van der Waals surface area contributed by atoms with Crippen LogP contribution in [0.4, 0.5) is 29.1 Å². The third-order valence-electron chi connectivity index (χ3n) is 7.52. The summed E-state index contributed by atoms with van der Waals surface area (Å²) in [5.74, 6) is -3.31. The number of benzene rings is 2. The molecule has 0 aliphatic carbocycles. The van der Waals surface area contributed by atoms with E-state index in [0.29, 0.717) is 22.2 Å². The molecule has 6 rings (SSSR count). The largest absolute Gasteiger partial charge is 0.485 e. The molecule has 2 aromatic carbocycles. The summed E-state index contributed by atoms with van der Waals surface area (Å²) in [6.07, 6.45) is -0.228. The number of aryl methyl sites for hydroxylation is 1. The molecule has 1 aliphatic heterocycles. The van der Waals surface area contributed by atoms with Gasteiger partial charge in [0.1, 0.15) is 18.2 Å². The third-order valence-corrected chi connectivity index (χ3v) is 9.67. The Morgan fingerprint density at radius 3 is 2.47 bits per heavy atom. The lowest BCUT2D eigenvalue weighted by molar-refractivity contribution is 0.0822. The van der Waals surface area contributed by atoms with Gasteiger partial charge in [0, 0.05) is 23.5 Å². The van der Waals surface area contributed by atoms with Crippen LogP contribution in [0.2, 0.25) is 0 Å². The number of nitrogens with one attached hydrogen (secondary N) is 1. The SMILES string of the molecule is Cc1cc(Oc2c(F)cccc2F)ncc1-n1ncc(C(=O)c2cc3cc(OCC(F)F)c(N4CC(C)(C)CS4(=O)=O)cc3[nH]2)c1N. The summed E-state index contributed by atoms with van der Waals surface area (Å²) in [5, 5.41) is 4.64. The quantitative estimate of drug-likeness (QED) is 0.149. The van der Waals surface area contributed by atoms with Crippen molar-refractivity contribution in [2.75, 3.05) is 28.9 Å². The Hall–Kier alpha value is -5.12. The molecule has 4 heterocycles. The fourth-order valence-electron chi connectivity index (χ4n) is 5.43. The highest BCUT2D eigenvalue weighted by Gasteiger charge is 2.42. The fourth-order valence-corrected chi connectivity index (χ4v) is 7.65. The van der Waals surface area contributed by atoms with Crippen LogP contribution in [0, 0.1) is 24.0 Å². The van der Waals surface area contributed by atoms with Crippen molar-refractivity contribution in [3.05, 3.63) is 83.3 Å². The van der Waals surface area contributed by atoms with Gasteiger partial charge in [-0.1, -0.05) is 19.9 Å². The second kappa shape index (κ2) is 11.6. The number of H-pyrrole nitrogens is 1. The number of carbonyl (C=O) groups is 1. The molecule has 47 heavy (non-hydrogen) atoms. The first kappa shape index (κ1) is 31.8. The van der Waals surface area contributed by atoms with Gasteiger partial charge >= 0.3 is 0 Å². The summed E-state index contributed by atoms with van der Waals surface area (Å²) < 4.78 is 93.3. The van der Waals surface area contributed by atoms with Crippen LogP contribution in [-0.4, -0.2) is 59.3 Å². The van der Waals surface area contributed by atoms with Crippen molar-refractivity contribution in [2.45, 2.75) is 27.2 Å². The molecular weight excluding hydrogens is 644 g/mol. The van der Waals surface area contributed by atoms with Gasteiger partial charge in [0.05, 0.1) is 40.8 Å². The van der Waals surface area contributed by atoms with Crippen molar-refractivity contribution in [3.8, 4) is 23.1 Å². The molecule has 1 fully saturated rings. The van der Waals surface area contributed by atoms with Crippen LogP contribution in [-0.2, 0) is 10.0 Å². The topological polar surface area (TPSA) is 145 Å². The average Bonchev–Trinajstić information content (AvgIpc) is 3.64. The maximum absolute atomic E-state index is 14.0. The zero-order chi connectivity index (χ0) is 33.8. The molecule has 1 aliphatic rings. The first-order valence-corrected chi connectivity index (χ1v) is 15.8. The fraction of sp³-hybridized carbons (Fsp3) is 0.258. The maximum Gasteiger partial charge on any atom is 0.272 e. The van der Waals surface area contributed by atoms with Crippen molar-refractivity contribution in [1.82, 2.24) is 19.7 Å². The van der Waals surface area contributed by atoms with Crippen molar-refractivity contribution < 1.29 is 40.2 Å². The standard InChI is InChI=1S/C31H28F4N6O5S/c1-16-7-27(46-29-19(32)5-4-6-20(29)33)37-12-24(16)41-30(36)18(11-38-41)28(42)22-8-17-9-25(45-13-26(34)35)23(10-21(17)39-22)40-14-31(2,3)15-47(40,43)44/h4-12,26,39H,13-15,36H2,1-3H3. The molecule has 246 valence electrons. The molecular formula is C31H28F4N6O5S. The number of rotatable bonds is 9. The van der Waals surface area contributed by atoms with Crippen LogP contribution in [0.1, 0.15) is 35.5 Å². The molecule has 0 spiro atoms. The molecule has 5 aromatic rings. The van der Waals surface area contributed by atoms with Crippen LogP contribution in [0.15, 0.2) is 54.9 Å². The number of nitrogens with zero attached hydrogens (tertiary/aromatic N) is 4. The Bertz CT molecular complexity index is 2130. The molecule has 11 nitrogen and oxygen atoms in total. The number of nitrogen functional groups attached to an aromatic ring is 1. The van der Waals surface area contributed by atoms with Crippen LogP contribution in [0.5, 0.6) is 17.4 Å². The minimum absolute atomic E-state index is 0.0166. The Kier molecular flexibility index (Phi) is 7.86. The van der Waals surface area contributed by atoms with E-state index in [2.05, 4.69) is 15.1 Å². The molecule has 0 atom stereocenters. The van der Waals surface area contributed by atoms with Gasteiger partial charge in [0.15, 0.2) is 11.6 Å². The van der Waals surface area contributed by atoms with E-state index in [0.717, 1.165) is 16.4 Å². The first-order valence-electron chi connectivity index (χ1n) is 14.2. The molecule has 3 N–H and O–H groups in total. The van der Waals surface area contributed by atoms with Gasteiger partial charge in [-0.3, -0.25) is 9.10 Å². The minimum atomic E-state index is -3.77. The number of pyridine rings is 1. The number of ether oxygens (including phenoxy) is 2. The lowest BCUT2D eigenvalue weighted by Gasteiger charge is -2.22. The van der Waals surface area contributed by atoms with Crippen molar-refractivity contribution >= 4 is 38.2 Å². The van der Waals surface area contributed by atoms with Gasteiger partial charge in [-0.15, -0.1) is 0 Å². The number of halogens is 4. The van der Waals surface area contributed by atoms with E-state index in [1.165, 1.54) is 47.4 Å². The number of anilines is 2. The molecule has 16 heteroatoms. The summed E-state index contributed by atoms with van der Waals surface area (Å²) in [6, 6.07) is 9.05. The zero-order valence-corrected chi connectivity index (χ0v) is 26.0. The summed E-state index contributed by atoms with van der Waals surface area (Å²) in [6.45, 7) is 4.38. The predicted molar refractivity (Wildman–Crippen MR) is 165 cm³/mol. The van der Waals surface area contributed by atoms with E-state index >= 15 is 0 Å².